The monoisotopic (exact) mass is 328 g/mol. The zero-order valence-electron chi connectivity index (χ0n) is 11.8. The Morgan fingerprint density at radius 3 is 2.63 bits per heavy atom. The van der Waals surface area contributed by atoms with Gasteiger partial charge in [-0.15, -0.1) is 0 Å². The highest BCUT2D eigenvalue weighted by Gasteiger charge is 2.24. The fourth-order valence-corrected chi connectivity index (χ4v) is 2.11. The van der Waals surface area contributed by atoms with Gasteiger partial charge in [0.2, 0.25) is 5.91 Å². The number of carbonyl (C=O) groups excluding carboxylic acids is 1. The summed E-state index contributed by atoms with van der Waals surface area (Å²) in [6.07, 6.45) is 0.786. The van der Waals surface area contributed by atoms with Crippen LogP contribution in [0.3, 0.4) is 0 Å². The first-order valence-electron chi connectivity index (χ1n) is 6.20. The van der Waals surface area contributed by atoms with Gasteiger partial charge in [0, 0.05) is 6.54 Å². The Labute approximate surface area is 123 Å². The zero-order chi connectivity index (χ0) is 14.5. The average Bonchev–Trinajstić information content (AvgIpc) is 2.38. The molecule has 0 saturated heterocycles. The third-order valence-corrected chi connectivity index (χ3v) is 3.73. The van der Waals surface area contributed by atoms with E-state index in [1.165, 1.54) is 0 Å². The molecule has 19 heavy (non-hydrogen) atoms. The first-order chi connectivity index (χ1) is 8.90. The maximum Gasteiger partial charge on any atom is 0.239 e. The summed E-state index contributed by atoms with van der Waals surface area (Å²) in [4.78, 5) is 11.9. The number of amides is 1. The van der Waals surface area contributed by atoms with Gasteiger partial charge < -0.3 is 15.4 Å². The highest BCUT2D eigenvalue weighted by atomic mass is 79.9. The molecule has 1 amide bonds. The Morgan fingerprint density at radius 2 is 2.11 bits per heavy atom. The number of hydrogen-bond acceptors (Lipinski definition) is 3. The lowest BCUT2D eigenvalue weighted by molar-refractivity contribution is -0.126. The predicted octanol–water partition coefficient (Wildman–Crippen LogP) is 2.11. The van der Waals surface area contributed by atoms with E-state index in [0.29, 0.717) is 6.54 Å². The lowest BCUT2D eigenvalue weighted by atomic mass is 10.1. The van der Waals surface area contributed by atoms with Crippen molar-refractivity contribution in [2.24, 2.45) is 0 Å². The minimum atomic E-state index is -0.541. The second-order valence-electron chi connectivity index (χ2n) is 4.85. The van der Waals surface area contributed by atoms with Crippen LogP contribution in [0.2, 0.25) is 0 Å². The van der Waals surface area contributed by atoms with Gasteiger partial charge in [0.1, 0.15) is 5.75 Å². The van der Waals surface area contributed by atoms with Crippen LogP contribution in [0.5, 0.6) is 5.75 Å². The van der Waals surface area contributed by atoms with E-state index >= 15 is 0 Å². The summed E-state index contributed by atoms with van der Waals surface area (Å²) >= 11 is 3.45. The van der Waals surface area contributed by atoms with Gasteiger partial charge in [0.15, 0.2) is 0 Å². The molecule has 0 atom stereocenters. The van der Waals surface area contributed by atoms with Crippen molar-refractivity contribution < 1.29 is 9.53 Å². The van der Waals surface area contributed by atoms with Crippen molar-refractivity contribution in [3.8, 4) is 5.75 Å². The molecule has 2 N–H and O–H groups in total. The molecule has 0 bridgehead atoms. The highest BCUT2D eigenvalue weighted by molar-refractivity contribution is 9.10. The molecule has 5 heteroatoms. The van der Waals surface area contributed by atoms with Crippen LogP contribution >= 0.6 is 15.9 Å². The summed E-state index contributed by atoms with van der Waals surface area (Å²) in [5.74, 6) is 0.812. The lowest BCUT2D eigenvalue weighted by Crippen LogP contribution is -2.51. The van der Waals surface area contributed by atoms with Crippen LogP contribution in [0.4, 0.5) is 0 Å². The first-order valence-corrected chi connectivity index (χ1v) is 6.99. The van der Waals surface area contributed by atoms with Crippen molar-refractivity contribution in [3.05, 3.63) is 28.2 Å². The van der Waals surface area contributed by atoms with Crippen molar-refractivity contribution in [3.63, 3.8) is 0 Å². The second-order valence-corrected chi connectivity index (χ2v) is 5.70. The summed E-state index contributed by atoms with van der Waals surface area (Å²) in [7, 11) is 3.42. The maximum atomic E-state index is 11.9. The van der Waals surface area contributed by atoms with Crippen LogP contribution in [0.1, 0.15) is 19.4 Å². The molecular formula is C14H21BrN2O2. The molecule has 0 aliphatic rings. The number of likely N-dealkylation sites (N-methyl/N-ethyl adjacent to an activating group) is 1. The smallest absolute Gasteiger partial charge is 0.239 e. The molecule has 0 fully saturated rings. The number of carbonyl (C=O) groups is 1. The fourth-order valence-electron chi connectivity index (χ4n) is 1.52. The van der Waals surface area contributed by atoms with E-state index in [1.54, 1.807) is 14.2 Å². The first kappa shape index (κ1) is 16.0. The summed E-state index contributed by atoms with van der Waals surface area (Å²) in [6, 6.07) is 5.92. The number of hydrogen-bond donors (Lipinski definition) is 2. The van der Waals surface area contributed by atoms with Gasteiger partial charge in [0.25, 0.3) is 0 Å². The standard InChI is InChI=1S/C14H21BrN2O2/c1-14(2,16-3)13(18)17-8-7-10-5-6-12(19-4)11(15)9-10/h5-6,9,16H,7-8H2,1-4H3,(H,17,18). The SMILES string of the molecule is CNC(C)(C)C(=O)NCCc1ccc(OC)c(Br)c1. The van der Waals surface area contributed by atoms with Gasteiger partial charge in [0.05, 0.1) is 17.1 Å². The van der Waals surface area contributed by atoms with E-state index < -0.39 is 5.54 Å². The van der Waals surface area contributed by atoms with Gasteiger partial charge in [-0.3, -0.25) is 4.79 Å². The van der Waals surface area contributed by atoms with E-state index in [-0.39, 0.29) is 5.91 Å². The second kappa shape index (κ2) is 6.91. The van der Waals surface area contributed by atoms with Crippen LogP contribution in [0.25, 0.3) is 0 Å². The van der Waals surface area contributed by atoms with Crippen LogP contribution in [0.15, 0.2) is 22.7 Å². The molecule has 1 rings (SSSR count). The Hall–Kier alpha value is -1.07. The Morgan fingerprint density at radius 1 is 1.42 bits per heavy atom. The molecule has 4 nitrogen and oxygen atoms in total. The summed E-state index contributed by atoms with van der Waals surface area (Å²) in [5, 5.41) is 5.90. The molecule has 0 aliphatic carbocycles. The summed E-state index contributed by atoms with van der Waals surface area (Å²) in [6.45, 7) is 4.32. The van der Waals surface area contributed by atoms with E-state index in [4.69, 9.17) is 4.74 Å². The molecule has 0 spiro atoms. The lowest BCUT2D eigenvalue weighted by Gasteiger charge is -2.22. The normalized spacial score (nSPS) is 11.2. The number of ether oxygens (including phenoxy) is 1. The Kier molecular flexibility index (Phi) is 5.82. The molecule has 0 heterocycles. The van der Waals surface area contributed by atoms with Crippen molar-refractivity contribution in [2.45, 2.75) is 25.8 Å². The number of halogens is 1. The van der Waals surface area contributed by atoms with Gasteiger partial charge in [-0.25, -0.2) is 0 Å². The molecule has 106 valence electrons. The minimum absolute atomic E-state index is 0.00239. The Bertz CT molecular complexity index is 447. The van der Waals surface area contributed by atoms with E-state index in [9.17, 15) is 4.79 Å². The van der Waals surface area contributed by atoms with Crippen molar-refractivity contribution in [1.82, 2.24) is 10.6 Å². The molecule has 0 radical (unpaired) electrons. The maximum absolute atomic E-state index is 11.9. The number of rotatable bonds is 6. The summed E-state index contributed by atoms with van der Waals surface area (Å²) in [5.41, 5.74) is 0.607. The van der Waals surface area contributed by atoms with E-state index in [1.807, 2.05) is 32.0 Å². The number of nitrogens with one attached hydrogen (secondary N) is 2. The van der Waals surface area contributed by atoms with Crippen molar-refractivity contribution >= 4 is 21.8 Å². The van der Waals surface area contributed by atoms with E-state index in [0.717, 1.165) is 22.2 Å². The van der Waals surface area contributed by atoms with Crippen molar-refractivity contribution in [2.75, 3.05) is 20.7 Å². The minimum Gasteiger partial charge on any atom is -0.496 e. The van der Waals surface area contributed by atoms with E-state index in [2.05, 4.69) is 26.6 Å². The van der Waals surface area contributed by atoms with Gasteiger partial charge in [-0.05, 0) is 60.9 Å². The fraction of sp³-hybridized carbons (Fsp3) is 0.500. The van der Waals surface area contributed by atoms with Crippen LogP contribution in [-0.2, 0) is 11.2 Å². The third kappa shape index (κ3) is 4.51. The molecule has 0 saturated carbocycles. The molecule has 1 aromatic carbocycles. The molecule has 0 aliphatic heterocycles. The van der Waals surface area contributed by atoms with Crippen LogP contribution < -0.4 is 15.4 Å². The molecule has 0 unspecified atom stereocenters. The molecule has 1 aromatic rings. The quantitative estimate of drug-likeness (QED) is 0.840. The third-order valence-electron chi connectivity index (χ3n) is 3.11. The zero-order valence-corrected chi connectivity index (χ0v) is 13.4. The van der Waals surface area contributed by atoms with Gasteiger partial charge >= 0.3 is 0 Å². The largest absolute Gasteiger partial charge is 0.496 e. The number of methoxy groups -OCH3 is 1. The highest BCUT2D eigenvalue weighted by Crippen LogP contribution is 2.25. The molecule has 0 aromatic heterocycles. The number of benzene rings is 1. The van der Waals surface area contributed by atoms with Gasteiger partial charge in [-0.1, -0.05) is 6.07 Å². The molecular weight excluding hydrogens is 308 g/mol. The van der Waals surface area contributed by atoms with Crippen LogP contribution in [0, 0.1) is 0 Å². The topological polar surface area (TPSA) is 50.4 Å². The Balaban J connectivity index is 2.50. The average molecular weight is 329 g/mol. The predicted molar refractivity (Wildman–Crippen MR) is 80.5 cm³/mol. The summed E-state index contributed by atoms with van der Waals surface area (Å²) < 4.78 is 6.10. The van der Waals surface area contributed by atoms with Crippen molar-refractivity contribution in [1.29, 1.82) is 0 Å². The van der Waals surface area contributed by atoms with Crippen LogP contribution in [-0.4, -0.2) is 32.1 Å². The van der Waals surface area contributed by atoms with Gasteiger partial charge in [-0.2, -0.15) is 0 Å².